The first-order chi connectivity index (χ1) is 14.0. The minimum atomic E-state index is -0.511. The molecule has 3 rings (SSSR count). The highest BCUT2D eigenvalue weighted by Gasteiger charge is 2.32. The molecular weight excluding hydrogens is 386 g/mol. The molecule has 2 atom stereocenters. The van der Waals surface area contributed by atoms with Gasteiger partial charge in [0.1, 0.15) is 11.0 Å². The molecule has 2 N–H and O–H groups in total. The predicted octanol–water partition coefficient (Wildman–Crippen LogP) is 4.46. The van der Waals surface area contributed by atoms with E-state index in [0.29, 0.717) is 22.5 Å². The van der Waals surface area contributed by atoms with Crippen molar-refractivity contribution < 1.29 is 14.3 Å². The normalized spacial score (nSPS) is 18.4. The first kappa shape index (κ1) is 20.9. The van der Waals surface area contributed by atoms with Crippen LogP contribution in [0.1, 0.15) is 38.2 Å². The SMILES string of the molecule is CC[C@H](C)c1ccc(N=C2NC(=O)[C@@H](CC(=O)Nc3ccccc3OC)S2)cc1. The lowest BCUT2D eigenvalue weighted by Crippen LogP contribution is -2.28. The van der Waals surface area contributed by atoms with Gasteiger partial charge >= 0.3 is 0 Å². The Kier molecular flexibility index (Phi) is 6.93. The van der Waals surface area contributed by atoms with Crippen LogP contribution in [0.15, 0.2) is 53.5 Å². The molecule has 1 heterocycles. The predicted molar refractivity (Wildman–Crippen MR) is 118 cm³/mol. The number of anilines is 1. The average molecular weight is 412 g/mol. The summed E-state index contributed by atoms with van der Waals surface area (Å²) >= 11 is 1.27. The van der Waals surface area contributed by atoms with Crippen LogP contribution in [-0.2, 0) is 9.59 Å². The molecule has 0 spiro atoms. The standard InChI is InChI=1S/C22H25N3O3S/c1-4-14(2)15-9-11-16(12-10-15)23-22-25-21(27)19(29-22)13-20(26)24-17-7-5-6-8-18(17)28-3/h5-12,14,19H,4,13H2,1-3H3,(H,24,26)(H,23,25,27)/t14-,19+/m0/s1. The minimum absolute atomic E-state index is 0.0561. The third-order valence-electron chi connectivity index (χ3n) is 4.83. The molecule has 0 radical (unpaired) electrons. The zero-order valence-corrected chi connectivity index (χ0v) is 17.6. The van der Waals surface area contributed by atoms with Crippen LogP contribution in [0.2, 0.25) is 0 Å². The quantitative estimate of drug-likeness (QED) is 0.705. The number of rotatable bonds is 7. The molecule has 0 aromatic heterocycles. The number of nitrogens with zero attached hydrogens (tertiary/aromatic N) is 1. The smallest absolute Gasteiger partial charge is 0.240 e. The molecule has 1 aliphatic heterocycles. The molecular formula is C22H25N3O3S. The van der Waals surface area contributed by atoms with Gasteiger partial charge in [0.05, 0.1) is 18.5 Å². The number of amides is 2. The maximum atomic E-state index is 12.4. The molecule has 2 aromatic carbocycles. The van der Waals surface area contributed by atoms with Crippen LogP contribution >= 0.6 is 11.8 Å². The summed E-state index contributed by atoms with van der Waals surface area (Å²) in [4.78, 5) is 29.1. The third-order valence-corrected chi connectivity index (χ3v) is 5.92. The summed E-state index contributed by atoms with van der Waals surface area (Å²) in [5.74, 6) is 0.623. The number of methoxy groups -OCH3 is 1. The van der Waals surface area contributed by atoms with Gasteiger partial charge in [0, 0.05) is 6.42 Å². The highest BCUT2D eigenvalue weighted by atomic mass is 32.2. The lowest BCUT2D eigenvalue weighted by molar-refractivity contribution is -0.122. The van der Waals surface area contributed by atoms with Crippen molar-refractivity contribution in [2.24, 2.45) is 4.99 Å². The van der Waals surface area contributed by atoms with Crippen LogP contribution in [-0.4, -0.2) is 29.3 Å². The van der Waals surface area contributed by atoms with E-state index in [0.717, 1.165) is 12.1 Å². The van der Waals surface area contributed by atoms with Crippen molar-refractivity contribution in [2.45, 2.75) is 37.9 Å². The number of carbonyl (C=O) groups excluding carboxylic acids is 2. The Morgan fingerprint density at radius 2 is 1.97 bits per heavy atom. The van der Waals surface area contributed by atoms with E-state index in [1.807, 2.05) is 24.3 Å². The molecule has 0 unspecified atom stereocenters. The van der Waals surface area contributed by atoms with Gasteiger partial charge in [0.15, 0.2) is 5.17 Å². The number of hydrogen-bond donors (Lipinski definition) is 2. The van der Waals surface area contributed by atoms with E-state index < -0.39 is 5.25 Å². The van der Waals surface area contributed by atoms with Crippen LogP contribution in [0.4, 0.5) is 11.4 Å². The Bertz CT molecular complexity index is 912. The lowest BCUT2D eigenvalue weighted by Gasteiger charge is -2.10. The van der Waals surface area contributed by atoms with Gasteiger partial charge in [-0.25, -0.2) is 4.99 Å². The van der Waals surface area contributed by atoms with Crippen molar-refractivity contribution in [3.63, 3.8) is 0 Å². The van der Waals surface area contributed by atoms with E-state index in [1.165, 1.54) is 17.3 Å². The van der Waals surface area contributed by atoms with E-state index in [1.54, 1.807) is 19.2 Å². The number of aliphatic imine (C=N–C) groups is 1. The second kappa shape index (κ2) is 9.60. The summed E-state index contributed by atoms with van der Waals surface area (Å²) in [7, 11) is 1.55. The molecule has 1 fully saturated rings. The fourth-order valence-electron chi connectivity index (χ4n) is 2.94. The number of ether oxygens (including phenoxy) is 1. The molecule has 0 bridgehead atoms. The van der Waals surface area contributed by atoms with E-state index in [4.69, 9.17) is 4.74 Å². The van der Waals surface area contributed by atoms with E-state index in [2.05, 4.69) is 41.6 Å². The Morgan fingerprint density at radius 1 is 1.24 bits per heavy atom. The highest BCUT2D eigenvalue weighted by Crippen LogP contribution is 2.28. The molecule has 0 saturated carbocycles. The number of hydrogen-bond acceptors (Lipinski definition) is 5. The van der Waals surface area contributed by atoms with E-state index >= 15 is 0 Å². The molecule has 29 heavy (non-hydrogen) atoms. The Morgan fingerprint density at radius 3 is 2.66 bits per heavy atom. The first-order valence-electron chi connectivity index (χ1n) is 9.59. The van der Waals surface area contributed by atoms with Crippen molar-refractivity contribution in [1.29, 1.82) is 0 Å². The fraction of sp³-hybridized carbons (Fsp3) is 0.318. The van der Waals surface area contributed by atoms with Crippen molar-refractivity contribution in [3.8, 4) is 5.75 Å². The van der Waals surface area contributed by atoms with Gasteiger partial charge in [-0.3, -0.25) is 9.59 Å². The van der Waals surface area contributed by atoms with Gasteiger partial charge in [-0.2, -0.15) is 0 Å². The summed E-state index contributed by atoms with van der Waals surface area (Å²) in [5.41, 5.74) is 2.63. The summed E-state index contributed by atoms with van der Waals surface area (Å²) in [6.07, 6.45) is 1.14. The monoisotopic (exact) mass is 411 g/mol. The number of thioether (sulfide) groups is 1. The van der Waals surface area contributed by atoms with Crippen LogP contribution in [0.3, 0.4) is 0 Å². The minimum Gasteiger partial charge on any atom is -0.495 e. The second-order valence-corrected chi connectivity index (χ2v) is 8.06. The van der Waals surface area contributed by atoms with Crippen LogP contribution in [0, 0.1) is 0 Å². The van der Waals surface area contributed by atoms with E-state index in [9.17, 15) is 9.59 Å². The summed E-state index contributed by atoms with van der Waals surface area (Å²) in [5, 5.41) is 5.56. The molecule has 6 nitrogen and oxygen atoms in total. The van der Waals surface area contributed by atoms with Gasteiger partial charge in [-0.05, 0) is 42.2 Å². The summed E-state index contributed by atoms with van der Waals surface area (Å²) in [6, 6.07) is 15.2. The van der Waals surface area contributed by atoms with Gasteiger partial charge in [-0.1, -0.05) is 49.9 Å². The molecule has 1 aliphatic rings. The van der Waals surface area contributed by atoms with Crippen LogP contribution in [0.5, 0.6) is 5.75 Å². The van der Waals surface area contributed by atoms with Crippen molar-refractivity contribution in [1.82, 2.24) is 5.32 Å². The average Bonchev–Trinajstić information content (AvgIpc) is 3.06. The largest absolute Gasteiger partial charge is 0.495 e. The fourth-order valence-corrected chi connectivity index (χ4v) is 3.93. The maximum absolute atomic E-state index is 12.4. The summed E-state index contributed by atoms with van der Waals surface area (Å²) in [6.45, 7) is 4.35. The van der Waals surface area contributed by atoms with Crippen LogP contribution < -0.4 is 15.4 Å². The maximum Gasteiger partial charge on any atom is 0.240 e. The molecule has 2 aromatic rings. The van der Waals surface area contributed by atoms with Gasteiger partial charge in [0.2, 0.25) is 11.8 Å². The van der Waals surface area contributed by atoms with E-state index in [-0.39, 0.29) is 18.2 Å². The Hall–Kier alpha value is -2.80. The Balaban J connectivity index is 1.61. The number of benzene rings is 2. The van der Waals surface area contributed by atoms with Crippen molar-refractivity contribution in [2.75, 3.05) is 12.4 Å². The number of amidine groups is 1. The molecule has 7 heteroatoms. The third kappa shape index (κ3) is 5.38. The van der Waals surface area contributed by atoms with Gasteiger partial charge in [0.25, 0.3) is 0 Å². The van der Waals surface area contributed by atoms with Crippen molar-refractivity contribution in [3.05, 3.63) is 54.1 Å². The van der Waals surface area contributed by atoms with Crippen LogP contribution in [0.25, 0.3) is 0 Å². The molecule has 2 amide bonds. The zero-order chi connectivity index (χ0) is 20.8. The molecule has 1 saturated heterocycles. The topological polar surface area (TPSA) is 79.8 Å². The molecule has 152 valence electrons. The number of para-hydroxylation sites is 2. The number of carbonyl (C=O) groups is 2. The lowest BCUT2D eigenvalue weighted by atomic mass is 9.99. The van der Waals surface area contributed by atoms with Gasteiger partial charge < -0.3 is 15.4 Å². The highest BCUT2D eigenvalue weighted by molar-refractivity contribution is 8.15. The second-order valence-electron chi connectivity index (χ2n) is 6.87. The summed E-state index contributed by atoms with van der Waals surface area (Å²) < 4.78 is 5.23. The Labute approximate surface area is 175 Å². The molecule has 0 aliphatic carbocycles. The number of nitrogens with one attached hydrogen (secondary N) is 2. The zero-order valence-electron chi connectivity index (χ0n) is 16.8. The van der Waals surface area contributed by atoms with Gasteiger partial charge in [-0.15, -0.1) is 0 Å². The first-order valence-corrected chi connectivity index (χ1v) is 10.5. The van der Waals surface area contributed by atoms with Crippen molar-refractivity contribution >= 4 is 40.1 Å².